The average Bonchev–Trinajstić information content (AvgIpc) is 2.58. The molecule has 1 fully saturated rings. The summed E-state index contributed by atoms with van der Waals surface area (Å²) in [5.74, 6) is 0. The van der Waals surface area contributed by atoms with Crippen LogP contribution in [-0.4, -0.2) is 34.4 Å². The van der Waals surface area contributed by atoms with Gasteiger partial charge in [0, 0.05) is 56.7 Å². The molecule has 0 radical (unpaired) electrons. The quantitative estimate of drug-likeness (QED) is 0.693. The molecule has 6 heteroatoms. The summed E-state index contributed by atoms with van der Waals surface area (Å²) in [7, 11) is 0. The first-order valence-corrected chi connectivity index (χ1v) is 7.74. The Morgan fingerprint density at radius 2 is 2.13 bits per heavy atom. The summed E-state index contributed by atoms with van der Waals surface area (Å²) in [5.41, 5.74) is 3.49. The molecule has 0 spiro atoms. The second-order valence-electron chi connectivity index (χ2n) is 5.84. The van der Waals surface area contributed by atoms with Crippen LogP contribution in [0.2, 0.25) is 0 Å². The van der Waals surface area contributed by atoms with Crippen LogP contribution in [0, 0.1) is 17.0 Å². The summed E-state index contributed by atoms with van der Waals surface area (Å²) in [6, 6.07) is 9.51. The van der Waals surface area contributed by atoms with E-state index in [4.69, 9.17) is 0 Å². The highest BCUT2D eigenvalue weighted by Gasteiger charge is 2.24. The molecule has 1 aliphatic heterocycles. The zero-order chi connectivity index (χ0) is 16.2. The molecule has 1 atom stereocenters. The molecule has 0 amide bonds. The molecule has 6 nitrogen and oxygen atoms in total. The Morgan fingerprint density at radius 1 is 1.35 bits per heavy atom. The zero-order valence-electron chi connectivity index (χ0n) is 13.1. The molecule has 2 heterocycles. The van der Waals surface area contributed by atoms with Crippen molar-refractivity contribution in [3.8, 4) is 0 Å². The van der Waals surface area contributed by atoms with Crippen molar-refractivity contribution in [1.82, 2.24) is 15.2 Å². The largest absolute Gasteiger partial charge is 0.314 e. The maximum Gasteiger partial charge on any atom is 0.269 e. The lowest BCUT2D eigenvalue weighted by molar-refractivity contribution is -0.384. The third kappa shape index (κ3) is 3.55. The molecular weight excluding hydrogens is 292 g/mol. The van der Waals surface area contributed by atoms with Gasteiger partial charge in [0.25, 0.3) is 5.69 Å². The SMILES string of the molecule is Cc1cc([N+](=O)[O-])ccc1CN1CCNCC1c1ccncc1. The third-order valence-electron chi connectivity index (χ3n) is 4.36. The Kier molecular flexibility index (Phi) is 4.64. The van der Waals surface area contributed by atoms with Gasteiger partial charge in [-0.05, 0) is 35.7 Å². The number of hydrogen-bond acceptors (Lipinski definition) is 5. The van der Waals surface area contributed by atoms with Gasteiger partial charge in [-0.2, -0.15) is 0 Å². The molecule has 3 rings (SSSR count). The molecular formula is C17H20N4O2. The van der Waals surface area contributed by atoms with E-state index < -0.39 is 0 Å². The maximum absolute atomic E-state index is 10.9. The number of non-ortho nitro benzene ring substituents is 1. The van der Waals surface area contributed by atoms with E-state index in [9.17, 15) is 10.1 Å². The van der Waals surface area contributed by atoms with Crippen LogP contribution < -0.4 is 5.32 Å². The highest BCUT2D eigenvalue weighted by molar-refractivity contribution is 5.39. The number of benzene rings is 1. The van der Waals surface area contributed by atoms with E-state index in [1.54, 1.807) is 12.1 Å². The molecule has 23 heavy (non-hydrogen) atoms. The molecule has 0 bridgehead atoms. The standard InChI is InChI=1S/C17H20N4O2/c1-13-10-16(21(22)23)3-2-15(13)12-20-9-8-19-11-17(20)14-4-6-18-7-5-14/h2-7,10,17,19H,8-9,11-12H2,1H3. The summed E-state index contributed by atoms with van der Waals surface area (Å²) >= 11 is 0. The minimum Gasteiger partial charge on any atom is -0.314 e. The lowest BCUT2D eigenvalue weighted by Gasteiger charge is -2.36. The molecule has 0 saturated carbocycles. The Hall–Kier alpha value is -2.31. The van der Waals surface area contributed by atoms with Crippen molar-refractivity contribution in [2.45, 2.75) is 19.5 Å². The fraction of sp³-hybridized carbons (Fsp3) is 0.353. The average molecular weight is 312 g/mol. The molecule has 2 aromatic rings. The number of nitro groups is 1. The molecule has 0 aliphatic carbocycles. The smallest absolute Gasteiger partial charge is 0.269 e. The minimum atomic E-state index is -0.346. The van der Waals surface area contributed by atoms with Crippen molar-refractivity contribution in [3.05, 3.63) is 69.5 Å². The van der Waals surface area contributed by atoms with Crippen molar-refractivity contribution >= 4 is 5.69 Å². The van der Waals surface area contributed by atoms with Gasteiger partial charge in [0.05, 0.1) is 4.92 Å². The Balaban J connectivity index is 1.81. The molecule has 120 valence electrons. The Bertz CT molecular complexity index is 690. The summed E-state index contributed by atoms with van der Waals surface area (Å²) < 4.78 is 0. The Labute approximate surface area is 135 Å². The van der Waals surface area contributed by atoms with Gasteiger partial charge in [-0.1, -0.05) is 6.07 Å². The van der Waals surface area contributed by atoms with E-state index in [0.29, 0.717) is 6.04 Å². The van der Waals surface area contributed by atoms with Crippen LogP contribution in [0.25, 0.3) is 0 Å². The van der Waals surface area contributed by atoms with Gasteiger partial charge < -0.3 is 5.32 Å². The second kappa shape index (κ2) is 6.85. The summed E-state index contributed by atoms with van der Waals surface area (Å²) in [4.78, 5) is 17.0. The van der Waals surface area contributed by atoms with Crippen molar-refractivity contribution in [2.24, 2.45) is 0 Å². The number of aryl methyl sites for hydroxylation is 1. The maximum atomic E-state index is 10.9. The fourth-order valence-electron chi connectivity index (χ4n) is 3.04. The van der Waals surface area contributed by atoms with Crippen LogP contribution in [0.3, 0.4) is 0 Å². The van der Waals surface area contributed by atoms with E-state index in [1.807, 2.05) is 37.5 Å². The van der Waals surface area contributed by atoms with Crippen molar-refractivity contribution in [2.75, 3.05) is 19.6 Å². The van der Waals surface area contributed by atoms with Gasteiger partial charge in [-0.3, -0.25) is 20.0 Å². The summed E-state index contributed by atoms with van der Waals surface area (Å²) in [6.07, 6.45) is 3.64. The van der Waals surface area contributed by atoms with Crippen LogP contribution in [0.1, 0.15) is 22.7 Å². The second-order valence-corrected chi connectivity index (χ2v) is 5.84. The van der Waals surface area contributed by atoms with Gasteiger partial charge in [-0.15, -0.1) is 0 Å². The molecule has 1 unspecified atom stereocenters. The number of pyridine rings is 1. The fourth-order valence-corrected chi connectivity index (χ4v) is 3.04. The monoisotopic (exact) mass is 312 g/mol. The van der Waals surface area contributed by atoms with Crippen molar-refractivity contribution < 1.29 is 4.92 Å². The van der Waals surface area contributed by atoms with E-state index in [0.717, 1.165) is 37.3 Å². The van der Waals surface area contributed by atoms with Crippen LogP contribution in [0.4, 0.5) is 5.69 Å². The predicted molar refractivity (Wildman–Crippen MR) is 88.1 cm³/mol. The van der Waals surface area contributed by atoms with Gasteiger partial charge in [0.1, 0.15) is 0 Å². The van der Waals surface area contributed by atoms with Gasteiger partial charge in [0.2, 0.25) is 0 Å². The minimum absolute atomic E-state index is 0.150. The van der Waals surface area contributed by atoms with Crippen LogP contribution >= 0.6 is 0 Å². The van der Waals surface area contributed by atoms with Gasteiger partial charge >= 0.3 is 0 Å². The first-order chi connectivity index (χ1) is 11.1. The van der Waals surface area contributed by atoms with E-state index in [2.05, 4.69) is 15.2 Å². The Morgan fingerprint density at radius 3 is 2.83 bits per heavy atom. The van der Waals surface area contributed by atoms with Crippen LogP contribution in [0.5, 0.6) is 0 Å². The number of hydrogen-bond donors (Lipinski definition) is 1. The van der Waals surface area contributed by atoms with Crippen molar-refractivity contribution in [3.63, 3.8) is 0 Å². The lowest BCUT2D eigenvalue weighted by Crippen LogP contribution is -2.45. The van der Waals surface area contributed by atoms with E-state index in [1.165, 1.54) is 5.56 Å². The number of piperazine rings is 1. The molecule has 1 aliphatic rings. The first-order valence-electron chi connectivity index (χ1n) is 7.74. The molecule has 1 aromatic heterocycles. The normalized spacial score (nSPS) is 18.7. The summed E-state index contributed by atoms with van der Waals surface area (Å²) in [5, 5.41) is 14.3. The number of nitro benzene ring substituents is 1. The highest BCUT2D eigenvalue weighted by atomic mass is 16.6. The molecule has 1 saturated heterocycles. The summed E-state index contributed by atoms with van der Waals surface area (Å²) in [6.45, 7) is 5.53. The lowest BCUT2D eigenvalue weighted by atomic mass is 10.0. The highest BCUT2D eigenvalue weighted by Crippen LogP contribution is 2.26. The number of nitrogens with one attached hydrogen (secondary N) is 1. The number of aromatic nitrogens is 1. The van der Waals surface area contributed by atoms with E-state index in [-0.39, 0.29) is 10.6 Å². The zero-order valence-corrected chi connectivity index (χ0v) is 13.1. The number of rotatable bonds is 4. The number of nitrogens with zero attached hydrogens (tertiary/aromatic N) is 3. The topological polar surface area (TPSA) is 71.3 Å². The molecule has 1 aromatic carbocycles. The third-order valence-corrected chi connectivity index (χ3v) is 4.36. The predicted octanol–water partition coefficient (Wildman–Crippen LogP) is 2.44. The van der Waals surface area contributed by atoms with Gasteiger partial charge in [0.15, 0.2) is 0 Å². The van der Waals surface area contributed by atoms with E-state index >= 15 is 0 Å². The van der Waals surface area contributed by atoms with Gasteiger partial charge in [-0.25, -0.2) is 0 Å². The van der Waals surface area contributed by atoms with Crippen LogP contribution in [-0.2, 0) is 6.54 Å². The van der Waals surface area contributed by atoms with Crippen LogP contribution in [0.15, 0.2) is 42.7 Å². The van der Waals surface area contributed by atoms with Crippen molar-refractivity contribution in [1.29, 1.82) is 0 Å². The first kappa shape index (κ1) is 15.6. The molecule has 1 N–H and O–H groups in total.